The normalized spacial score (nSPS) is 18.6. The molecule has 126 valence electrons. The molecular weight excluding hydrogens is 324 g/mol. The number of benzene rings is 2. The highest BCUT2D eigenvalue weighted by Gasteiger charge is 2.44. The van der Waals surface area contributed by atoms with Crippen molar-refractivity contribution in [3.8, 4) is 11.5 Å². The van der Waals surface area contributed by atoms with Crippen LogP contribution in [0.4, 0.5) is 0 Å². The van der Waals surface area contributed by atoms with Gasteiger partial charge in [-0.15, -0.1) is 0 Å². The lowest BCUT2D eigenvalue weighted by atomic mass is 9.88. The van der Waals surface area contributed by atoms with Crippen LogP contribution >= 0.6 is 0 Å². The fourth-order valence-corrected chi connectivity index (χ4v) is 3.20. The van der Waals surface area contributed by atoms with Gasteiger partial charge in [-0.2, -0.15) is 0 Å². The minimum Gasteiger partial charge on any atom is -0.508 e. The van der Waals surface area contributed by atoms with Crippen LogP contribution in [0.3, 0.4) is 0 Å². The summed E-state index contributed by atoms with van der Waals surface area (Å²) in [6.45, 7) is 0. The van der Waals surface area contributed by atoms with Gasteiger partial charge in [0.2, 0.25) is 6.10 Å². The van der Waals surface area contributed by atoms with Crippen molar-refractivity contribution in [2.75, 3.05) is 7.11 Å². The van der Waals surface area contributed by atoms with E-state index in [-0.39, 0.29) is 11.3 Å². The Morgan fingerprint density at radius 3 is 2.56 bits per heavy atom. The minimum absolute atomic E-state index is 0.0862. The third kappa shape index (κ3) is 2.34. The van der Waals surface area contributed by atoms with Gasteiger partial charge >= 0.3 is 11.6 Å². The van der Waals surface area contributed by atoms with E-state index in [2.05, 4.69) is 0 Å². The van der Waals surface area contributed by atoms with Gasteiger partial charge in [0.1, 0.15) is 17.1 Å². The van der Waals surface area contributed by atoms with E-state index in [9.17, 15) is 14.7 Å². The molecule has 0 aliphatic carbocycles. The number of carbonyl (C=O) groups excluding carboxylic acids is 1. The topological polar surface area (TPSA) is 86.0 Å². The zero-order valence-corrected chi connectivity index (χ0v) is 13.3. The fraction of sp³-hybridized carbons (Fsp3) is 0.158. The summed E-state index contributed by atoms with van der Waals surface area (Å²) in [4.78, 5) is 24.8. The zero-order valence-electron chi connectivity index (χ0n) is 13.3. The van der Waals surface area contributed by atoms with E-state index in [1.54, 1.807) is 36.4 Å². The van der Waals surface area contributed by atoms with Crippen LogP contribution in [-0.2, 0) is 9.53 Å². The molecule has 6 nitrogen and oxygen atoms in total. The average Bonchev–Trinajstić information content (AvgIpc) is 3.03. The number of rotatable bonds is 2. The molecule has 0 saturated carbocycles. The standard InChI is InChI=1S/C19H14O6/c1-23-19(22)17-14(10-6-8-11(20)9-7-10)15-16(25-17)12-4-2-3-5-13(12)24-18(15)21/h2-9,14,17,20H,1H3/t14-,17-/m0/s1. The minimum atomic E-state index is -1.00. The molecule has 4 rings (SSSR count). The van der Waals surface area contributed by atoms with Crippen molar-refractivity contribution in [3.05, 3.63) is 70.1 Å². The van der Waals surface area contributed by atoms with Crippen LogP contribution in [0, 0.1) is 0 Å². The number of hydrogen-bond acceptors (Lipinski definition) is 6. The van der Waals surface area contributed by atoms with E-state index in [1.807, 2.05) is 0 Å². The summed E-state index contributed by atoms with van der Waals surface area (Å²) in [5.41, 5.74) is 0.758. The molecule has 6 heteroatoms. The summed E-state index contributed by atoms with van der Waals surface area (Å²) in [6, 6.07) is 13.3. The molecule has 0 unspecified atom stereocenters. The summed E-state index contributed by atoms with van der Waals surface area (Å²) in [5.74, 6) is -0.843. The number of para-hydroxylation sites is 1. The summed E-state index contributed by atoms with van der Waals surface area (Å²) in [5, 5.41) is 10.1. The largest absolute Gasteiger partial charge is 0.508 e. The van der Waals surface area contributed by atoms with E-state index in [1.165, 1.54) is 19.2 Å². The predicted octanol–water partition coefficient (Wildman–Crippen LogP) is 2.56. The highest BCUT2D eigenvalue weighted by atomic mass is 16.6. The molecule has 1 aromatic heterocycles. The lowest BCUT2D eigenvalue weighted by Crippen LogP contribution is -2.31. The number of phenols is 1. The second kappa shape index (κ2) is 5.66. The molecule has 0 saturated heterocycles. The monoisotopic (exact) mass is 338 g/mol. The van der Waals surface area contributed by atoms with E-state index in [0.29, 0.717) is 22.3 Å². The maximum atomic E-state index is 12.6. The SMILES string of the molecule is COC(=O)[C@H]1Oc2c(c(=O)oc3ccccc23)[C@@H]1c1ccc(O)cc1. The molecule has 2 heterocycles. The number of ether oxygens (including phenoxy) is 2. The first-order chi connectivity index (χ1) is 12.1. The highest BCUT2D eigenvalue weighted by Crippen LogP contribution is 2.44. The van der Waals surface area contributed by atoms with Gasteiger partial charge in [-0.3, -0.25) is 0 Å². The Morgan fingerprint density at radius 1 is 1.12 bits per heavy atom. The van der Waals surface area contributed by atoms with Crippen molar-refractivity contribution in [2.45, 2.75) is 12.0 Å². The van der Waals surface area contributed by atoms with Crippen molar-refractivity contribution >= 4 is 16.9 Å². The quantitative estimate of drug-likeness (QED) is 0.571. The Kier molecular flexibility index (Phi) is 3.46. The molecule has 0 spiro atoms. The molecule has 0 amide bonds. The smallest absolute Gasteiger partial charge is 0.348 e. The average molecular weight is 338 g/mol. The molecule has 1 aliphatic rings. The van der Waals surface area contributed by atoms with Crippen molar-refractivity contribution in [3.63, 3.8) is 0 Å². The van der Waals surface area contributed by atoms with Gasteiger partial charge < -0.3 is 19.0 Å². The van der Waals surface area contributed by atoms with Crippen molar-refractivity contribution < 1.29 is 23.8 Å². The van der Waals surface area contributed by atoms with Crippen molar-refractivity contribution in [1.82, 2.24) is 0 Å². The zero-order chi connectivity index (χ0) is 17.6. The third-order valence-corrected chi connectivity index (χ3v) is 4.34. The first-order valence-corrected chi connectivity index (χ1v) is 7.69. The Bertz CT molecular complexity index is 1020. The Morgan fingerprint density at radius 2 is 1.84 bits per heavy atom. The van der Waals surface area contributed by atoms with Crippen LogP contribution in [0.1, 0.15) is 17.0 Å². The van der Waals surface area contributed by atoms with Crippen molar-refractivity contribution in [2.24, 2.45) is 0 Å². The van der Waals surface area contributed by atoms with Gasteiger partial charge in [0.15, 0.2) is 0 Å². The third-order valence-electron chi connectivity index (χ3n) is 4.34. The van der Waals surface area contributed by atoms with Crippen molar-refractivity contribution in [1.29, 1.82) is 0 Å². The maximum Gasteiger partial charge on any atom is 0.348 e. The molecule has 1 aliphatic heterocycles. The molecule has 0 radical (unpaired) electrons. The fourth-order valence-electron chi connectivity index (χ4n) is 3.20. The molecule has 3 aromatic rings. The van der Waals surface area contributed by atoms with Crippen LogP contribution in [0.5, 0.6) is 11.5 Å². The van der Waals surface area contributed by atoms with Gasteiger partial charge in [0.05, 0.1) is 24.0 Å². The van der Waals surface area contributed by atoms with Crippen LogP contribution in [0.2, 0.25) is 0 Å². The number of phenolic OH excluding ortho intramolecular Hbond substituents is 1. The number of methoxy groups -OCH3 is 1. The Labute approximate surface area is 142 Å². The summed E-state index contributed by atoms with van der Waals surface area (Å²) in [6.07, 6.45) is -1.00. The van der Waals surface area contributed by atoms with Gasteiger partial charge in [-0.25, -0.2) is 9.59 Å². The van der Waals surface area contributed by atoms with Crippen LogP contribution in [0.15, 0.2) is 57.7 Å². The van der Waals surface area contributed by atoms with Gasteiger partial charge in [0.25, 0.3) is 0 Å². The molecule has 0 fully saturated rings. The van der Waals surface area contributed by atoms with Gasteiger partial charge in [-0.1, -0.05) is 24.3 Å². The summed E-state index contributed by atoms with van der Waals surface area (Å²) < 4.78 is 16.1. The van der Waals surface area contributed by atoms with Crippen LogP contribution in [-0.4, -0.2) is 24.3 Å². The molecular formula is C19H14O6. The molecule has 2 atom stereocenters. The summed E-state index contributed by atoms with van der Waals surface area (Å²) in [7, 11) is 1.27. The van der Waals surface area contributed by atoms with E-state index < -0.39 is 23.6 Å². The summed E-state index contributed by atoms with van der Waals surface area (Å²) >= 11 is 0. The Balaban J connectivity index is 1.98. The van der Waals surface area contributed by atoms with Gasteiger partial charge in [-0.05, 0) is 29.8 Å². The lowest BCUT2D eigenvalue weighted by Gasteiger charge is -2.16. The molecule has 2 aromatic carbocycles. The Hall–Kier alpha value is -3.28. The number of hydrogen-bond donors (Lipinski definition) is 1. The van der Waals surface area contributed by atoms with E-state index in [4.69, 9.17) is 13.9 Å². The lowest BCUT2D eigenvalue weighted by molar-refractivity contribution is -0.148. The number of fused-ring (bicyclic) bond motifs is 3. The molecule has 0 bridgehead atoms. The molecule has 25 heavy (non-hydrogen) atoms. The van der Waals surface area contributed by atoms with Gasteiger partial charge in [0, 0.05) is 0 Å². The second-order valence-corrected chi connectivity index (χ2v) is 5.76. The highest BCUT2D eigenvalue weighted by molar-refractivity contribution is 5.88. The van der Waals surface area contributed by atoms with E-state index in [0.717, 1.165) is 0 Å². The maximum absolute atomic E-state index is 12.6. The number of aromatic hydroxyl groups is 1. The van der Waals surface area contributed by atoms with E-state index >= 15 is 0 Å². The first-order valence-electron chi connectivity index (χ1n) is 7.69. The second-order valence-electron chi connectivity index (χ2n) is 5.76. The van der Waals surface area contributed by atoms with Crippen LogP contribution < -0.4 is 10.4 Å². The number of carbonyl (C=O) groups is 1. The molecule has 1 N–H and O–H groups in total. The number of esters is 1. The van der Waals surface area contributed by atoms with Crippen LogP contribution in [0.25, 0.3) is 11.0 Å². The predicted molar refractivity (Wildman–Crippen MR) is 88.9 cm³/mol. The first kappa shape index (κ1) is 15.3.